The van der Waals surface area contributed by atoms with Crippen molar-refractivity contribution in [2.45, 2.75) is 45.2 Å². The Hall–Kier alpha value is -1.22. The molecule has 1 N–H and O–H groups in total. The number of ether oxygens (including phenoxy) is 2. The monoisotopic (exact) mass is 247 g/mol. The van der Waals surface area contributed by atoms with Crippen molar-refractivity contribution in [1.29, 1.82) is 0 Å². The van der Waals surface area contributed by atoms with E-state index < -0.39 is 0 Å². The van der Waals surface area contributed by atoms with Gasteiger partial charge in [-0.25, -0.2) is 0 Å². The molecule has 1 saturated carbocycles. The van der Waals surface area contributed by atoms with Crippen LogP contribution in [0, 0.1) is 5.92 Å². The van der Waals surface area contributed by atoms with Gasteiger partial charge in [0.25, 0.3) is 0 Å². The third kappa shape index (κ3) is 2.61. The molecule has 1 atom stereocenters. The van der Waals surface area contributed by atoms with Crippen LogP contribution in [0.5, 0.6) is 11.5 Å². The van der Waals surface area contributed by atoms with Crippen molar-refractivity contribution in [2.24, 2.45) is 5.92 Å². The number of rotatable bonds is 6. The molecule has 3 nitrogen and oxygen atoms in total. The van der Waals surface area contributed by atoms with Crippen molar-refractivity contribution < 1.29 is 9.47 Å². The second kappa shape index (κ2) is 5.19. The fourth-order valence-electron chi connectivity index (χ4n) is 2.61. The molecule has 0 radical (unpaired) electrons. The van der Waals surface area contributed by atoms with Crippen LogP contribution in [0.15, 0.2) is 18.2 Å². The number of benzene rings is 1. The maximum Gasteiger partial charge on any atom is 0.231 e. The molecule has 0 spiro atoms. The molecule has 1 aromatic carbocycles. The Morgan fingerprint density at radius 3 is 2.89 bits per heavy atom. The average molecular weight is 247 g/mol. The zero-order valence-electron chi connectivity index (χ0n) is 10.9. The van der Waals surface area contributed by atoms with Crippen LogP contribution in [0.3, 0.4) is 0 Å². The van der Waals surface area contributed by atoms with E-state index in [1.54, 1.807) is 0 Å². The Bertz CT molecular complexity index is 415. The van der Waals surface area contributed by atoms with Gasteiger partial charge in [0.05, 0.1) is 0 Å². The van der Waals surface area contributed by atoms with Gasteiger partial charge in [0, 0.05) is 12.6 Å². The molecule has 2 aliphatic rings. The molecular weight excluding hydrogens is 226 g/mol. The summed E-state index contributed by atoms with van der Waals surface area (Å²) in [6.07, 6.45) is 5.35. The Morgan fingerprint density at radius 2 is 2.11 bits per heavy atom. The molecule has 0 amide bonds. The molecule has 1 aliphatic heterocycles. The van der Waals surface area contributed by atoms with E-state index >= 15 is 0 Å². The van der Waals surface area contributed by atoms with Gasteiger partial charge in [-0.1, -0.05) is 19.4 Å². The minimum Gasteiger partial charge on any atom is -0.454 e. The lowest BCUT2D eigenvalue weighted by Crippen LogP contribution is -2.30. The second-order valence-corrected chi connectivity index (χ2v) is 5.30. The minimum atomic E-state index is 0.354. The van der Waals surface area contributed by atoms with Crippen molar-refractivity contribution >= 4 is 0 Å². The van der Waals surface area contributed by atoms with E-state index in [2.05, 4.69) is 24.4 Å². The molecule has 0 aromatic heterocycles. The van der Waals surface area contributed by atoms with E-state index in [0.717, 1.165) is 24.0 Å². The first-order chi connectivity index (χ1) is 8.86. The normalized spacial score (nSPS) is 18.9. The second-order valence-electron chi connectivity index (χ2n) is 5.30. The topological polar surface area (TPSA) is 30.5 Å². The lowest BCUT2D eigenvalue weighted by atomic mass is 10.1. The summed E-state index contributed by atoms with van der Waals surface area (Å²) < 4.78 is 10.7. The third-order valence-corrected chi connectivity index (χ3v) is 3.80. The van der Waals surface area contributed by atoms with Crippen molar-refractivity contribution in [2.75, 3.05) is 6.79 Å². The van der Waals surface area contributed by atoms with Gasteiger partial charge >= 0.3 is 0 Å². The van der Waals surface area contributed by atoms with Gasteiger partial charge in [0.2, 0.25) is 6.79 Å². The molecule has 1 fully saturated rings. The van der Waals surface area contributed by atoms with Gasteiger partial charge in [-0.05, 0) is 42.9 Å². The molecule has 3 rings (SSSR count). The Balaban J connectivity index is 1.58. The van der Waals surface area contributed by atoms with Gasteiger partial charge in [0.15, 0.2) is 11.5 Å². The summed E-state index contributed by atoms with van der Waals surface area (Å²) >= 11 is 0. The van der Waals surface area contributed by atoms with Gasteiger partial charge < -0.3 is 14.8 Å². The summed E-state index contributed by atoms with van der Waals surface area (Å²) in [5.74, 6) is 2.66. The molecule has 3 heteroatoms. The minimum absolute atomic E-state index is 0.354. The number of fused-ring (bicyclic) bond motifs is 1. The Morgan fingerprint density at radius 1 is 1.28 bits per heavy atom. The molecule has 18 heavy (non-hydrogen) atoms. The third-order valence-electron chi connectivity index (χ3n) is 3.80. The number of hydrogen-bond donors (Lipinski definition) is 1. The summed E-state index contributed by atoms with van der Waals surface area (Å²) in [7, 11) is 0. The molecule has 0 bridgehead atoms. The van der Waals surface area contributed by atoms with Crippen LogP contribution in [-0.4, -0.2) is 12.8 Å². The van der Waals surface area contributed by atoms with Crippen LogP contribution in [-0.2, 0) is 6.54 Å². The fourth-order valence-corrected chi connectivity index (χ4v) is 2.61. The molecule has 1 heterocycles. The van der Waals surface area contributed by atoms with Gasteiger partial charge in [0.1, 0.15) is 0 Å². The zero-order valence-corrected chi connectivity index (χ0v) is 10.9. The summed E-state index contributed by atoms with van der Waals surface area (Å²) in [4.78, 5) is 0. The lowest BCUT2D eigenvalue weighted by Gasteiger charge is -2.17. The maximum absolute atomic E-state index is 5.40. The van der Waals surface area contributed by atoms with E-state index in [-0.39, 0.29) is 0 Å². The highest BCUT2D eigenvalue weighted by Gasteiger charge is 2.30. The average Bonchev–Trinajstić information content (AvgIpc) is 3.12. The summed E-state index contributed by atoms with van der Waals surface area (Å²) in [5, 5.41) is 3.69. The summed E-state index contributed by atoms with van der Waals surface area (Å²) in [5.41, 5.74) is 1.28. The first kappa shape index (κ1) is 11.8. The van der Waals surface area contributed by atoms with Crippen molar-refractivity contribution in [3.8, 4) is 11.5 Å². The van der Waals surface area contributed by atoms with E-state index in [1.807, 2.05) is 6.07 Å². The van der Waals surface area contributed by atoms with Crippen LogP contribution in [0.2, 0.25) is 0 Å². The predicted molar refractivity (Wildman–Crippen MR) is 70.8 cm³/mol. The van der Waals surface area contributed by atoms with Crippen LogP contribution in [0.25, 0.3) is 0 Å². The maximum atomic E-state index is 5.40. The molecular formula is C15H21NO2. The molecule has 1 aromatic rings. The largest absolute Gasteiger partial charge is 0.454 e. The van der Waals surface area contributed by atoms with Gasteiger partial charge in [-0.2, -0.15) is 0 Å². The van der Waals surface area contributed by atoms with Crippen LogP contribution >= 0.6 is 0 Å². The van der Waals surface area contributed by atoms with Crippen molar-refractivity contribution in [3.05, 3.63) is 23.8 Å². The first-order valence-electron chi connectivity index (χ1n) is 6.98. The van der Waals surface area contributed by atoms with E-state index in [9.17, 15) is 0 Å². The van der Waals surface area contributed by atoms with Gasteiger partial charge in [-0.3, -0.25) is 0 Å². The molecule has 98 valence electrons. The number of hydrogen-bond acceptors (Lipinski definition) is 3. The summed E-state index contributed by atoms with van der Waals surface area (Å²) in [6.45, 7) is 3.54. The molecule has 1 unspecified atom stereocenters. The van der Waals surface area contributed by atoms with Gasteiger partial charge in [-0.15, -0.1) is 0 Å². The molecule has 0 saturated heterocycles. The first-order valence-corrected chi connectivity index (χ1v) is 6.98. The number of nitrogens with one attached hydrogen (secondary N) is 1. The predicted octanol–water partition coefficient (Wildman–Crippen LogP) is 3.08. The summed E-state index contributed by atoms with van der Waals surface area (Å²) in [6, 6.07) is 6.91. The molecule has 1 aliphatic carbocycles. The highest BCUT2D eigenvalue weighted by molar-refractivity contribution is 5.44. The Labute approximate surface area is 108 Å². The standard InChI is InChI=1S/C15H21NO2/c1-2-3-13(12-5-6-12)16-9-11-4-7-14-15(8-11)18-10-17-14/h4,7-8,12-13,16H,2-3,5-6,9-10H2,1H3. The van der Waals surface area contributed by atoms with Crippen LogP contribution < -0.4 is 14.8 Å². The lowest BCUT2D eigenvalue weighted by molar-refractivity contribution is 0.174. The van der Waals surface area contributed by atoms with Crippen molar-refractivity contribution in [3.63, 3.8) is 0 Å². The van der Waals surface area contributed by atoms with E-state index in [4.69, 9.17) is 9.47 Å². The highest BCUT2D eigenvalue weighted by atomic mass is 16.7. The smallest absolute Gasteiger partial charge is 0.231 e. The van der Waals surface area contributed by atoms with E-state index in [0.29, 0.717) is 12.8 Å². The van der Waals surface area contributed by atoms with E-state index in [1.165, 1.54) is 31.2 Å². The Kier molecular flexibility index (Phi) is 3.41. The van der Waals surface area contributed by atoms with Crippen LogP contribution in [0.1, 0.15) is 38.2 Å². The van der Waals surface area contributed by atoms with Crippen molar-refractivity contribution in [1.82, 2.24) is 5.32 Å². The SMILES string of the molecule is CCCC(NCc1ccc2c(c1)OCO2)C1CC1. The zero-order chi connectivity index (χ0) is 12.4. The fraction of sp³-hybridized carbons (Fsp3) is 0.600. The highest BCUT2D eigenvalue weighted by Crippen LogP contribution is 2.35. The quantitative estimate of drug-likeness (QED) is 0.838. The van der Waals surface area contributed by atoms with Crippen LogP contribution in [0.4, 0.5) is 0 Å².